The Hall–Kier alpha value is -1.09. The van der Waals surface area contributed by atoms with E-state index in [4.69, 9.17) is 10.5 Å². The van der Waals surface area contributed by atoms with E-state index in [9.17, 15) is 4.39 Å². The summed E-state index contributed by atoms with van der Waals surface area (Å²) in [6.07, 6.45) is 6.26. The van der Waals surface area contributed by atoms with Crippen molar-refractivity contribution in [1.82, 2.24) is 0 Å². The molecule has 18 heavy (non-hydrogen) atoms. The van der Waals surface area contributed by atoms with Gasteiger partial charge in [0.2, 0.25) is 0 Å². The number of halogens is 1. The first-order valence-corrected chi connectivity index (χ1v) is 6.91. The van der Waals surface area contributed by atoms with Gasteiger partial charge in [0, 0.05) is 17.5 Å². The summed E-state index contributed by atoms with van der Waals surface area (Å²) in [4.78, 5) is 0. The zero-order chi connectivity index (χ0) is 12.6. The molecule has 1 saturated carbocycles. The summed E-state index contributed by atoms with van der Waals surface area (Å²) in [6.45, 7) is 1.22. The number of benzene rings is 1. The smallest absolute Gasteiger partial charge is 0.130 e. The minimum atomic E-state index is -0.188. The lowest BCUT2D eigenvalue weighted by Gasteiger charge is -2.32. The number of hydrogen-bond donors (Lipinski definition) is 1. The average Bonchev–Trinajstić information content (AvgIpc) is 2.88. The van der Waals surface area contributed by atoms with E-state index < -0.39 is 0 Å². The number of rotatable bonds is 2. The van der Waals surface area contributed by atoms with Crippen LogP contribution in [-0.2, 0) is 11.8 Å². The molecule has 0 spiro atoms. The summed E-state index contributed by atoms with van der Waals surface area (Å²) in [5.41, 5.74) is 7.71. The maximum Gasteiger partial charge on any atom is 0.130 e. The molecule has 1 aromatic carbocycles. The van der Waals surface area contributed by atoms with Crippen molar-refractivity contribution in [2.45, 2.75) is 43.9 Å². The van der Waals surface area contributed by atoms with Gasteiger partial charge in [-0.15, -0.1) is 0 Å². The summed E-state index contributed by atoms with van der Waals surface area (Å²) < 4.78 is 20.1. The Morgan fingerprint density at radius 3 is 2.72 bits per heavy atom. The quantitative estimate of drug-likeness (QED) is 0.874. The van der Waals surface area contributed by atoms with Crippen molar-refractivity contribution in [2.24, 2.45) is 5.73 Å². The molecule has 0 atom stereocenters. The third-order valence-corrected chi connectivity index (χ3v) is 4.51. The largest absolute Gasteiger partial charge is 0.493 e. The van der Waals surface area contributed by atoms with E-state index in [2.05, 4.69) is 0 Å². The van der Waals surface area contributed by atoms with Crippen molar-refractivity contribution < 1.29 is 9.13 Å². The molecule has 98 valence electrons. The Balaban J connectivity index is 2.15. The third kappa shape index (κ3) is 1.72. The molecule has 1 aliphatic carbocycles. The second-order valence-electron chi connectivity index (χ2n) is 5.55. The lowest BCUT2D eigenvalue weighted by atomic mass is 9.77. The molecule has 1 heterocycles. The molecule has 1 aromatic rings. The van der Waals surface area contributed by atoms with Crippen molar-refractivity contribution >= 4 is 0 Å². The molecule has 0 radical (unpaired) electrons. The molecule has 0 unspecified atom stereocenters. The Morgan fingerprint density at radius 2 is 2.00 bits per heavy atom. The van der Waals surface area contributed by atoms with Gasteiger partial charge in [-0.2, -0.15) is 0 Å². The highest BCUT2D eigenvalue weighted by atomic mass is 19.1. The van der Waals surface area contributed by atoms with Crippen molar-refractivity contribution in [2.75, 3.05) is 13.2 Å². The average molecular weight is 249 g/mol. The molecule has 2 N–H and O–H groups in total. The van der Waals surface area contributed by atoms with Crippen molar-refractivity contribution in [3.8, 4) is 5.75 Å². The summed E-state index contributed by atoms with van der Waals surface area (Å²) in [6, 6.07) is 3.46. The van der Waals surface area contributed by atoms with Gasteiger partial charge in [-0.1, -0.05) is 18.9 Å². The Kier molecular flexibility index (Phi) is 3.02. The predicted octanol–water partition coefficient (Wildman–Crippen LogP) is 2.92. The van der Waals surface area contributed by atoms with Gasteiger partial charge in [0.15, 0.2) is 0 Å². The van der Waals surface area contributed by atoms with Crippen LogP contribution >= 0.6 is 0 Å². The summed E-state index contributed by atoms with van der Waals surface area (Å²) in [7, 11) is 0. The molecule has 3 rings (SSSR count). The maximum atomic E-state index is 14.3. The van der Waals surface area contributed by atoms with Crippen molar-refractivity contribution in [3.05, 3.63) is 29.1 Å². The van der Waals surface area contributed by atoms with E-state index in [0.29, 0.717) is 13.2 Å². The fourth-order valence-electron chi connectivity index (χ4n) is 3.50. The number of ether oxygens (including phenoxy) is 1. The number of hydrogen-bond acceptors (Lipinski definition) is 2. The van der Waals surface area contributed by atoms with Crippen LogP contribution in [-0.4, -0.2) is 13.2 Å². The fourth-order valence-corrected chi connectivity index (χ4v) is 3.50. The molecule has 0 aromatic heterocycles. The minimum Gasteiger partial charge on any atom is -0.493 e. The lowest BCUT2D eigenvalue weighted by molar-refractivity contribution is 0.271. The van der Waals surface area contributed by atoms with Crippen LogP contribution in [0.3, 0.4) is 0 Å². The maximum absolute atomic E-state index is 14.3. The van der Waals surface area contributed by atoms with Crippen LogP contribution in [0.2, 0.25) is 0 Å². The highest BCUT2D eigenvalue weighted by Gasteiger charge is 2.40. The molecule has 2 aliphatic rings. The zero-order valence-electron chi connectivity index (χ0n) is 10.7. The normalized spacial score (nSPS) is 21.4. The third-order valence-electron chi connectivity index (χ3n) is 4.51. The molecule has 0 amide bonds. The zero-order valence-corrected chi connectivity index (χ0v) is 10.7. The Labute approximate surface area is 107 Å². The van der Waals surface area contributed by atoms with E-state index in [1.807, 2.05) is 6.07 Å². The van der Waals surface area contributed by atoms with Gasteiger partial charge in [-0.05, 0) is 37.3 Å². The fraction of sp³-hybridized carbons (Fsp3) is 0.600. The molecule has 1 fully saturated rings. The van der Waals surface area contributed by atoms with Crippen LogP contribution < -0.4 is 10.5 Å². The van der Waals surface area contributed by atoms with Gasteiger partial charge < -0.3 is 10.5 Å². The van der Waals surface area contributed by atoms with E-state index in [0.717, 1.165) is 55.4 Å². The van der Waals surface area contributed by atoms with Gasteiger partial charge in [0.05, 0.1) is 6.61 Å². The monoisotopic (exact) mass is 249 g/mol. The van der Waals surface area contributed by atoms with E-state index in [1.165, 1.54) is 0 Å². The first-order valence-electron chi connectivity index (χ1n) is 6.91. The summed E-state index contributed by atoms with van der Waals surface area (Å²) in [5, 5.41) is 0. The highest BCUT2D eigenvalue weighted by Crippen LogP contribution is 2.47. The topological polar surface area (TPSA) is 35.2 Å². The molecule has 0 saturated heterocycles. The molecule has 3 heteroatoms. The Morgan fingerprint density at radius 1 is 1.22 bits per heavy atom. The van der Waals surface area contributed by atoms with Crippen molar-refractivity contribution in [1.29, 1.82) is 0 Å². The predicted molar refractivity (Wildman–Crippen MR) is 69.4 cm³/mol. The number of nitrogens with two attached hydrogens (primary N) is 1. The van der Waals surface area contributed by atoms with Gasteiger partial charge in [-0.25, -0.2) is 4.39 Å². The molecular weight excluding hydrogens is 229 g/mol. The number of aryl methyl sites for hydroxylation is 1. The van der Waals surface area contributed by atoms with Crippen LogP contribution in [0.1, 0.15) is 43.2 Å². The van der Waals surface area contributed by atoms with Crippen LogP contribution in [0, 0.1) is 5.82 Å². The van der Waals surface area contributed by atoms with Crippen LogP contribution in [0.4, 0.5) is 4.39 Å². The minimum absolute atomic E-state index is 0.136. The molecule has 2 nitrogen and oxygen atoms in total. The SMILES string of the molecule is NCC1(c2c(F)ccc3c2OCCC3)CCCC1. The van der Waals surface area contributed by atoms with Gasteiger partial charge in [-0.3, -0.25) is 0 Å². The standard InChI is InChI=1S/C15H20FNO/c16-12-6-5-11-4-3-9-18-14(11)13(12)15(10-17)7-1-2-8-15/h5-6H,1-4,7-10,17H2. The van der Waals surface area contributed by atoms with Gasteiger partial charge >= 0.3 is 0 Å². The Bertz CT molecular complexity index is 452. The molecule has 0 bridgehead atoms. The van der Waals surface area contributed by atoms with E-state index >= 15 is 0 Å². The molecule has 1 aliphatic heterocycles. The lowest BCUT2D eigenvalue weighted by Crippen LogP contribution is -2.34. The summed E-state index contributed by atoms with van der Waals surface area (Å²) >= 11 is 0. The summed E-state index contributed by atoms with van der Waals surface area (Å²) in [5.74, 6) is 0.664. The van der Waals surface area contributed by atoms with Crippen LogP contribution in [0.25, 0.3) is 0 Å². The van der Waals surface area contributed by atoms with E-state index in [-0.39, 0.29) is 11.2 Å². The highest BCUT2D eigenvalue weighted by molar-refractivity contribution is 5.48. The van der Waals surface area contributed by atoms with Gasteiger partial charge in [0.25, 0.3) is 0 Å². The van der Waals surface area contributed by atoms with Crippen LogP contribution in [0.15, 0.2) is 12.1 Å². The first kappa shape index (κ1) is 12.0. The van der Waals surface area contributed by atoms with E-state index in [1.54, 1.807) is 6.07 Å². The first-order chi connectivity index (χ1) is 8.77. The second-order valence-corrected chi connectivity index (χ2v) is 5.55. The number of fused-ring (bicyclic) bond motifs is 1. The van der Waals surface area contributed by atoms with Gasteiger partial charge in [0.1, 0.15) is 11.6 Å². The second kappa shape index (κ2) is 4.54. The van der Waals surface area contributed by atoms with Crippen molar-refractivity contribution in [3.63, 3.8) is 0 Å². The van der Waals surface area contributed by atoms with Crippen LogP contribution in [0.5, 0.6) is 5.75 Å². The molecular formula is C15H20FNO.